The summed E-state index contributed by atoms with van der Waals surface area (Å²) in [6.07, 6.45) is 0.969. The third-order valence-electron chi connectivity index (χ3n) is 1.28. The first-order valence-electron chi connectivity index (χ1n) is 3.57. The Morgan fingerprint density at radius 1 is 1.55 bits per heavy atom. The minimum Gasteiger partial charge on any atom is -0.370 e. The molecular weight excluding hydrogens is 165 g/mol. The lowest BCUT2D eigenvalue weighted by molar-refractivity contribution is -0.117. The predicted octanol–water partition coefficient (Wildman–Crippen LogP) is 0.542. The van der Waals surface area contributed by atoms with Crippen LogP contribution in [0.2, 0.25) is 0 Å². The largest absolute Gasteiger partial charge is 0.370 e. The molecule has 0 spiro atoms. The predicted molar refractivity (Wildman–Crippen MR) is 43.7 cm³/mol. The van der Waals surface area contributed by atoms with Crippen molar-refractivity contribution in [1.29, 1.82) is 0 Å². The molecule has 1 amide bonds. The Bertz CT molecular complexity index is 181. The molecule has 0 aromatic rings. The van der Waals surface area contributed by atoms with Gasteiger partial charge < -0.3 is 10.6 Å². The molecule has 0 aromatic heterocycles. The Kier molecular flexibility index (Phi) is 4.38. The molecule has 0 rings (SSSR count). The second kappa shape index (κ2) is 4.52. The highest BCUT2D eigenvalue weighted by Gasteiger charge is 2.16. The van der Waals surface area contributed by atoms with Gasteiger partial charge in [0.05, 0.1) is 0 Å². The summed E-state index contributed by atoms with van der Waals surface area (Å²) in [5.41, 5.74) is 4.82. The first kappa shape index (κ1) is 10.7. The quantitative estimate of drug-likeness (QED) is 0.604. The van der Waals surface area contributed by atoms with E-state index in [0.29, 0.717) is 6.42 Å². The Morgan fingerprint density at radius 2 is 2.09 bits per heavy atom. The first-order valence-corrected chi connectivity index (χ1v) is 5.60. The van der Waals surface area contributed by atoms with E-state index < -0.39 is 13.3 Å². The van der Waals surface area contributed by atoms with Gasteiger partial charge in [0, 0.05) is 18.7 Å². The number of carbonyl (C=O) groups excluding carboxylic acids is 1. The number of nitrogens with two attached hydrogens (primary N) is 1. The van der Waals surface area contributed by atoms with Gasteiger partial charge in [0.1, 0.15) is 0 Å². The molecular formula is C6H14NO3P. The fourth-order valence-electron chi connectivity index (χ4n) is 0.746. The van der Waals surface area contributed by atoms with Gasteiger partial charge in [-0.25, -0.2) is 0 Å². The lowest BCUT2D eigenvalue weighted by Gasteiger charge is -2.07. The minimum atomic E-state index is -3.05. The molecule has 0 saturated carbocycles. The maximum Gasteiger partial charge on any atom is 0.217 e. The van der Waals surface area contributed by atoms with E-state index in [9.17, 15) is 9.36 Å². The zero-order valence-corrected chi connectivity index (χ0v) is 7.51. The van der Waals surface area contributed by atoms with Crippen molar-refractivity contribution >= 4 is 13.3 Å². The van der Waals surface area contributed by atoms with E-state index in [1.54, 1.807) is 0 Å². The molecule has 0 saturated heterocycles. The van der Waals surface area contributed by atoms with E-state index in [1.807, 2.05) is 6.92 Å². The maximum absolute atomic E-state index is 11.1. The summed E-state index contributed by atoms with van der Waals surface area (Å²) >= 11 is 0. The van der Waals surface area contributed by atoms with Crippen LogP contribution in [0.1, 0.15) is 19.8 Å². The van der Waals surface area contributed by atoms with Crippen molar-refractivity contribution in [1.82, 2.24) is 0 Å². The molecule has 5 heteroatoms. The Labute approximate surface area is 66.2 Å². The summed E-state index contributed by atoms with van der Waals surface area (Å²) in [4.78, 5) is 19.4. The lowest BCUT2D eigenvalue weighted by Crippen LogP contribution is -2.12. The van der Waals surface area contributed by atoms with Crippen LogP contribution in [-0.2, 0) is 9.36 Å². The summed E-state index contributed by atoms with van der Waals surface area (Å²) in [6.45, 7) is 1.83. The van der Waals surface area contributed by atoms with E-state index in [0.717, 1.165) is 0 Å². The minimum absolute atomic E-state index is 0.00772. The van der Waals surface area contributed by atoms with E-state index >= 15 is 0 Å². The van der Waals surface area contributed by atoms with Crippen LogP contribution < -0.4 is 5.73 Å². The van der Waals surface area contributed by atoms with Gasteiger partial charge in [0.15, 0.2) is 0 Å². The Hall–Kier alpha value is -0.340. The van der Waals surface area contributed by atoms with Crippen LogP contribution in [0.5, 0.6) is 0 Å². The van der Waals surface area contributed by atoms with Gasteiger partial charge in [-0.15, -0.1) is 0 Å². The third-order valence-corrected chi connectivity index (χ3v) is 3.35. The third kappa shape index (κ3) is 6.07. The van der Waals surface area contributed by atoms with Gasteiger partial charge >= 0.3 is 0 Å². The molecule has 0 heterocycles. The molecule has 1 atom stereocenters. The molecule has 0 aliphatic heterocycles. The molecule has 0 fully saturated rings. The standard InChI is InChI=1S/C6H14NO3P/c1-2-4-11(9,10)5-3-6(7)8/h2-5H2,1H3,(H2,7,8)(H,9,10). The summed E-state index contributed by atoms with van der Waals surface area (Å²) in [5, 5.41) is 0. The summed E-state index contributed by atoms with van der Waals surface area (Å²) in [6, 6.07) is 0. The second-order valence-corrected chi connectivity index (χ2v) is 5.10. The lowest BCUT2D eigenvalue weighted by atomic mass is 10.5. The van der Waals surface area contributed by atoms with Crippen LogP contribution in [-0.4, -0.2) is 23.1 Å². The number of hydrogen-bond acceptors (Lipinski definition) is 2. The van der Waals surface area contributed by atoms with Crippen LogP contribution >= 0.6 is 7.37 Å². The highest BCUT2D eigenvalue weighted by atomic mass is 31.2. The second-order valence-electron chi connectivity index (χ2n) is 2.51. The number of primary amides is 1. The highest BCUT2D eigenvalue weighted by Crippen LogP contribution is 2.41. The topological polar surface area (TPSA) is 80.4 Å². The van der Waals surface area contributed by atoms with Gasteiger partial charge in [0.2, 0.25) is 13.3 Å². The van der Waals surface area contributed by atoms with E-state index in [2.05, 4.69) is 0 Å². The van der Waals surface area contributed by atoms with Gasteiger partial charge in [-0.2, -0.15) is 0 Å². The van der Waals surface area contributed by atoms with Crippen LogP contribution in [0.15, 0.2) is 0 Å². The summed E-state index contributed by atoms with van der Waals surface area (Å²) in [7, 11) is -3.05. The maximum atomic E-state index is 11.1. The van der Waals surface area contributed by atoms with E-state index in [1.165, 1.54) is 0 Å². The summed E-state index contributed by atoms with van der Waals surface area (Å²) < 4.78 is 11.1. The molecule has 11 heavy (non-hydrogen) atoms. The zero-order valence-electron chi connectivity index (χ0n) is 6.62. The average Bonchev–Trinajstić information content (AvgIpc) is 1.84. The van der Waals surface area contributed by atoms with Crippen molar-refractivity contribution < 1.29 is 14.3 Å². The first-order chi connectivity index (χ1) is 4.98. The molecule has 1 unspecified atom stereocenters. The molecule has 66 valence electrons. The number of carbonyl (C=O) groups is 1. The van der Waals surface area contributed by atoms with Crippen molar-refractivity contribution in [3.63, 3.8) is 0 Å². The Morgan fingerprint density at radius 3 is 2.45 bits per heavy atom. The fraction of sp³-hybridized carbons (Fsp3) is 0.833. The zero-order chi connectivity index (χ0) is 8.91. The van der Waals surface area contributed by atoms with Crippen LogP contribution in [0.4, 0.5) is 0 Å². The molecule has 0 aliphatic carbocycles. The molecule has 0 aliphatic rings. The average molecular weight is 179 g/mol. The van der Waals surface area contributed by atoms with E-state index in [-0.39, 0.29) is 18.7 Å². The molecule has 0 radical (unpaired) electrons. The molecule has 0 aromatic carbocycles. The fourth-order valence-corrected chi connectivity index (χ4v) is 2.24. The number of hydrogen-bond donors (Lipinski definition) is 2. The SMILES string of the molecule is CCCP(=O)(O)CCC(N)=O. The van der Waals surface area contributed by atoms with Gasteiger partial charge in [-0.05, 0) is 6.42 Å². The molecule has 0 bridgehead atoms. The number of amides is 1. The van der Waals surface area contributed by atoms with Gasteiger partial charge in [-0.3, -0.25) is 9.36 Å². The van der Waals surface area contributed by atoms with Crippen LogP contribution in [0.3, 0.4) is 0 Å². The van der Waals surface area contributed by atoms with Crippen molar-refractivity contribution in [2.45, 2.75) is 19.8 Å². The van der Waals surface area contributed by atoms with E-state index in [4.69, 9.17) is 10.6 Å². The van der Waals surface area contributed by atoms with Gasteiger partial charge in [0.25, 0.3) is 0 Å². The molecule has 3 N–H and O–H groups in total. The van der Waals surface area contributed by atoms with Crippen molar-refractivity contribution in [3.8, 4) is 0 Å². The highest BCUT2D eigenvalue weighted by molar-refractivity contribution is 7.58. The van der Waals surface area contributed by atoms with Crippen molar-refractivity contribution in [2.75, 3.05) is 12.3 Å². The van der Waals surface area contributed by atoms with Crippen LogP contribution in [0, 0.1) is 0 Å². The normalized spacial score (nSPS) is 15.8. The smallest absolute Gasteiger partial charge is 0.217 e. The van der Waals surface area contributed by atoms with Crippen LogP contribution in [0.25, 0.3) is 0 Å². The summed E-state index contributed by atoms with van der Waals surface area (Å²) in [5.74, 6) is -0.518. The number of rotatable bonds is 5. The Balaban J connectivity index is 3.73. The van der Waals surface area contributed by atoms with Crippen molar-refractivity contribution in [2.24, 2.45) is 5.73 Å². The molecule has 4 nitrogen and oxygen atoms in total. The monoisotopic (exact) mass is 179 g/mol. The van der Waals surface area contributed by atoms with Gasteiger partial charge in [-0.1, -0.05) is 6.92 Å². The van der Waals surface area contributed by atoms with Crippen molar-refractivity contribution in [3.05, 3.63) is 0 Å².